The van der Waals surface area contributed by atoms with Gasteiger partial charge < -0.3 is 10.4 Å². The van der Waals surface area contributed by atoms with Crippen LogP contribution in [-0.2, 0) is 4.79 Å². The minimum atomic E-state index is -1.04. The largest absolute Gasteiger partial charge is 0.478 e. The van der Waals surface area contributed by atoms with Crippen molar-refractivity contribution in [1.82, 2.24) is 0 Å². The highest BCUT2D eigenvalue weighted by atomic mass is 35.5. The Labute approximate surface area is 143 Å². The molecule has 0 unspecified atom stereocenters. The van der Waals surface area contributed by atoms with Gasteiger partial charge in [-0.15, -0.1) is 0 Å². The molecule has 0 heterocycles. The number of carboxylic acid groups (broad SMARTS) is 1. The van der Waals surface area contributed by atoms with Gasteiger partial charge >= 0.3 is 5.97 Å². The Hall–Kier alpha value is -3.10. The van der Waals surface area contributed by atoms with Crippen LogP contribution in [0, 0.1) is 18.3 Å². The highest BCUT2D eigenvalue weighted by Gasteiger charge is 2.12. The zero-order valence-corrected chi connectivity index (χ0v) is 13.5. The van der Waals surface area contributed by atoms with Crippen molar-refractivity contribution in [3.63, 3.8) is 0 Å². The summed E-state index contributed by atoms with van der Waals surface area (Å²) in [6.45, 7) is 1.76. The van der Waals surface area contributed by atoms with E-state index in [9.17, 15) is 14.9 Å². The molecule has 0 aliphatic rings. The summed E-state index contributed by atoms with van der Waals surface area (Å²) in [5.41, 5.74) is 1.81. The fraction of sp³-hybridized carbons (Fsp3) is 0.0556. The summed E-state index contributed by atoms with van der Waals surface area (Å²) in [6.07, 6.45) is 1.39. The van der Waals surface area contributed by atoms with Gasteiger partial charge in [0.2, 0.25) is 0 Å². The summed E-state index contributed by atoms with van der Waals surface area (Å²) in [6, 6.07) is 12.8. The second kappa shape index (κ2) is 7.44. The van der Waals surface area contributed by atoms with Crippen LogP contribution in [0.25, 0.3) is 6.08 Å². The van der Waals surface area contributed by atoms with Gasteiger partial charge in [-0.05, 0) is 48.4 Å². The lowest BCUT2D eigenvalue weighted by atomic mass is 10.1. The van der Waals surface area contributed by atoms with Gasteiger partial charge in [0.1, 0.15) is 11.6 Å². The van der Waals surface area contributed by atoms with Crippen LogP contribution in [-0.4, -0.2) is 17.0 Å². The number of carbonyl (C=O) groups is 2. The molecule has 0 aliphatic carbocycles. The summed E-state index contributed by atoms with van der Waals surface area (Å²) in [4.78, 5) is 23.1. The highest BCUT2D eigenvalue weighted by Crippen LogP contribution is 2.23. The van der Waals surface area contributed by atoms with Crippen LogP contribution in [0.2, 0.25) is 5.02 Å². The van der Waals surface area contributed by atoms with Gasteiger partial charge in [0, 0.05) is 10.7 Å². The highest BCUT2D eigenvalue weighted by molar-refractivity contribution is 6.31. The molecule has 5 nitrogen and oxygen atoms in total. The molecule has 0 saturated carbocycles. The lowest BCUT2D eigenvalue weighted by Crippen LogP contribution is -2.14. The van der Waals surface area contributed by atoms with Crippen molar-refractivity contribution in [1.29, 1.82) is 5.26 Å². The number of nitriles is 1. The smallest absolute Gasteiger partial charge is 0.335 e. The third kappa shape index (κ3) is 4.00. The summed E-state index contributed by atoms with van der Waals surface area (Å²) < 4.78 is 0. The van der Waals surface area contributed by atoms with E-state index in [1.54, 1.807) is 25.1 Å². The number of hydrogen-bond donors (Lipinski definition) is 2. The Balaban J connectivity index is 2.24. The van der Waals surface area contributed by atoms with Gasteiger partial charge in [0.25, 0.3) is 5.91 Å². The number of carboxylic acids is 1. The van der Waals surface area contributed by atoms with Crippen LogP contribution >= 0.6 is 11.6 Å². The van der Waals surface area contributed by atoms with Crippen LogP contribution in [0.3, 0.4) is 0 Å². The Morgan fingerprint density at radius 1 is 1.21 bits per heavy atom. The average molecular weight is 341 g/mol. The zero-order valence-electron chi connectivity index (χ0n) is 12.7. The number of amides is 1. The minimum absolute atomic E-state index is 0.0996. The first kappa shape index (κ1) is 17.3. The first-order valence-electron chi connectivity index (χ1n) is 6.94. The van der Waals surface area contributed by atoms with Crippen molar-refractivity contribution in [3.05, 3.63) is 69.8 Å². The van der Waals surface area contributed by atoms with Crippen molar-refractivity contribution >= 4 is 35.2 Å². The summed E-state index contributed by atoms with van der Waals surface area (Å²) in [5, 5.41) is 21.2. The second-order valence-electron chi connectivity index (χ2n) is 4.96. The van der Waals surface area contributed by atoms with Crippen molar-refractivity contribution in [2.45, 2.75) is 6.92 Å². The first-order valence-corrected chi connectivity index (χ1v) is 7.32. The third-order valence-electron chi connectivity index (χ3n) is 3.35. The number of rotatable bonds is 4. The van der Waals surface area contributed by atoms with E-state index in [0.717, 1.165) is 0 Å². The Bertz CT molecular complexity index is 865. The summed E-state index contributed by atoms with van der Waals surface area (Å²) >= 11 is 6.00. The molecule has 0 fully saturated rings. The van der Waals surface area contributed by atoms with Gasteiger partial charge in [-0.3, -0.25) is 4.79 Å². The Kier molecular flexibility index (Phi) is 5.35. The van der Waals surface area contributed by atoms with Crippen LogP contribution in [0.15, 0.2) is 48.0 Å². The van der Waals surface area contributed by atoms with Gasteiger partial charge in [0.05, 0.1) is 5.56 Å². The number of anilines is 1. The van der Waals surface area contributed by atoms with E-state index >= 15 is 0 Å². The van der Waals surface area contributed by atoms with E-state index in [0.29, 0.717) is 21.8 Å². The molecule has 0 aromatic heterocycles. The van der Waals surface area contributed by atoms with E-state index in [1.807, 2.05) is 6.07 Å². The summed E-state index contributed by atoms with van der Waals surface area (Å²) in [7, 11) is 0. The Morgan fingerprint density at radius 3 is 2.46 bits per heavy atom. The minimum Gasteiger partial charge on any atom is -0.478 e. The monoisotopic (exact) mass is 340 g/mol. The maximum Gasteiger partial charge on any atom is 0.335 e. The lowest BCUT2D eigenvalue weighted by molar-refractivity contribution is -0.112. The van der Waals surface area contributed by atoms with Crippen molar-refractivity contribution in [2.75, 3.05) is 5.32 Å². The SMILES string of the molecule is Cc1c(Cl)cccc1NC(=O)/C(C#N)=C/c1ccc(C(=O)O)cc1. The fourth-order valence-electron chi connectivity index (χ4n) is 1.97. The average Bonchev–Trinajstić information content (AvgIpc) is 2.57. The molecule has 0 spiro atoms. The number of hydrogen-bond acceptors (Lipinski definition) is 3. The van der Waals surface area contributed by atoms with Crippen molar-refractivity contribution in [2.24, 2.45) is 0 Å². The maximum absolute atomic E-state index is 12.2. The molecule has 0 saturated heterocycles. The van der Waals surface area contributed by atoms with Crippen LogP contribution in [0.4, 0.5) is 5.69 Å². The standard InChI is InChI=1S/C18H13ClN2O3/c1-11-15(19)3-2-4-16(11)21-17(22)14(10-20)9-12-5-7-13(8-6-12)18(23)24/h2-9H,1H3,(H,21,22)(H,23,24)/b14-9+. The van der Waals surface area contributed by atoms with Crippen molar-refractivity contribution in [3.8, 4) is 6.07 Å². The van der Waals surface area contributed by atoms with E-state index in [-0.39, 0.29) is 11.1 Å². The number of halogens is 1. The molecule has 2 aromatic carbocycles. The molecule has 2 N–H and O–H groups in total. The molecule has 0 atom stereocenters. The van der Waals surface area contributed by atoms with E-state index in [2.05, 4.69) is 5.32 Å². The second-order valence-corrected chi connectivity index (χ2v) is 5.37. The predicted octanol–water partition coefficient (Wildman–Crippen LogP) is 3.89. The first-order chi connectivity index (χ1) is 11.4. The maximum atomic E-state index is 12.2. The molecule has 6 heteroatoms. The molecule has 2 aromatic rings. The normalized spacial score (nSPS) is 10.8. The van der Waals surface area contributed by atoms with Gasteiger partial charge in [-0.1, -0.05) is 29.8 Å². The van der Waals surface area contributed by atoms with E-state index < -0.39 is 11.9 Å². The van der Waals surface area contributed by atoms with Crippen molar-refractivity contribution < 1.29 is 14.7 Å². The van der Waals surface area contributed by atoms with Gasteiger partial charge in [-0.2, -0.15) is 5.26 Å². The molecule has 1 amide bonds. The molecular weight excluding hydrogens is 328 g/mol. The van der Waals surface area contributed by atoms with Crippen LogP contribution < -0.4 is 5.32 Å². The van der Waals surface area contributed by atoms with E-state index in [4.69, 9.17) is 16.7 Å². The van der Waals surface area contributed by atoms with Crippen LogP contribution in [0.1, 0.15) is 21.5 Å². The number of aromatic carboxylic acids is 1. The lowest BCUT2D eigenvalue weighted by Gasteiger charge is -2.08. The molecule has 24 heavy (non-hydrogen) atoms. The molecule has 120 valence electrons. The predicted molar refractivity (Wildman–Crippen MR) is 91.8 cm³/mol. The Morgan fingerprint density at radius 2 is 1.88 bits per heavy atom. The molecule has 2 rings (SSSR count). The molecule has 0 radical (unpaired) electrons. The molecule has 0 bridgehead atoms. The zero-order chi connectivity index (χ0) is 17.7. The van der Waals surface area contributed by atoms with Crippen LogP contribution in [0.5, 0.6) is 0 Å². The number of nitrogens with one attached hydrogen (secondary N) is 1. The molecule has 0 aliphatic heterocycles. The topological polar surface area (TPSA) is 90.2 Å². The fourth-order valence-corrected chi connectivity index (χ4v) is 2.14. The quantitative estimate of drug-likeness (QED) is 0.652. The third-order valence-corrected chi connectivity index (χ3v) is 3.76. The number of benzene rings is 2. The number of nitrogens with zero attached hydrogens (tertiary/aromatic N) is 1. The summed E-state index contributed by atoms with van der Waals surface area (Å²) in [5.74, 6) is -1.61. The van der Waals surface area contributed by atoms with Gasteiger partial charge in [0.15, 0.2) is 0 Å². The van der Waals surface area contributed by atoms with Gasteiger partial charge in [-0.25, -0.2) is 4.79 Å². The number of carbonyl (C=O) groups excluding carboxylic acids is 1. The molecular formula is C18H13ClN2O3. The van der Waals surface area contributed by atoms with E-state index in [1.165, 1.54) is 30.3 Å².